The predicted molar refractivity (Wildman–Crippen MR) is 78.7 cm³/mol. The minimum Gasteiger partial charge on any atom is -0.612 e. The molecule has 0 radical (unpaired) electrons. The second-order valence-electron chi connectivity index (χ2n) is 4.55. The summed E-state index contributed by atoms with van der Waals surface area (Å²) in [7, 11) is 1.60. The average molecular weight is 294 g/mol. The summed E-state index contributed by atoms with van der Waals surface area (Å²) in [6.07, 6.45) is 6.78. The van der Waals surface area contributed by atoms with Gasteiger partial charge in [0.1, 0.15) is 12.0 Å². The lowest BCUT2D eigenvalue weighted by atomic mass is 10.1. The van der Waals surface area contributed by atoms with Crippen LogP contribution in [0.15, 0.2) is 29.2 Å². The van der Waals surface area contributed by atoms with E-state index in [-0.39, 0.29) is 11.9 Å². The van der Waals surface area contributed by atoms with Gasteiger partial charge in [-0.05, 0) is 35.8 Å². The molecule has 1 aromatic carbocycles. The van der Waals surface area contributed by atoms with Crippen molar-refractivity contribution in [2.75, 3.05) is 13.4 Å². The molecule has 0 spiro atoms. The molecule has 2 atom stereocenters. The average Bonchev–Trinajstić information content (AvgIpc) is 2.46. The fourth-order valence-corrected chi connectivity index (χ4v) is 2.72. The van der Waals surface area contributed by atoms with Gasteiger partial charge in [0, 0.05) is 18.0 Å². The van der Waals surface area contributed by atoms with Gasteiger partial charge in [0.05, 0.1) is 7.11 Å². The van der Waals surface area contributed by atoms with E-state index in [1.54, 1.807) is 19.4 Å². The molecule has 2 N–H and O–H groups in total. The lowest BCUT2D eigenvalue weighted by Crippen LogP contribution is -2.48. The molecule has 2 rings (SSSR count). The predicted octanol–water partition coefficient (Wildman–Crippen LogP) is 1.23. The number of ether oxygens (including phenoxy) is 1. The fraction of sp³-hybridized carbons (Fsp3) is 0.357. The smallest absolute Gasteiger partial charge is 0.234 e. The normalized spacial score (nSPS) is 20.8. The van der Waals surface area contributed by atoms with E-state index < -0.39 is 11.2 Å². The fourth-order valence-electron chi connectivity index (χ4n) is 2.00. The van der Waals surface area contributed by atoms with Gasteiger partial charge in [-0.25, -0.2) is 5.43 Å². The highest BCUT2D eigenvalue weighted by Gasteiger charge is 2.15. The highest BCUT2D eigenvalue weighted by molar-refractivity contribution is 7.90. The highest BCUT2D eigenvalue weighted by atomic mass is 32.2. The van der Waals surface area contributed by atoms with Crippen molar-refractivity contribution in [1.29, 1.82) is 0 Å². The van der Waals surface area contributed by atoms with E-state index in [9.17, 15) is 9.35 Å². The van der Waals surface area contributed by atoms with Crippen molar-refractivity contribution in [3.8, 4) is 5.75 Å². The number of hydrazine groups is 1. The number of nitrogens with one attached hydrogen (secondary N) is 2. The second-order valence-corrected chi connectivity index (χ2v) is 5.90. The number of hydrogen-bond donors (Lipinski definition) is 2. The van der Waals surface area contributed by atoms with E-state index in [0.717, 1.165) is 22.6 Å². The third-order valence-corrected chi connectivity index (χ3v) is 4.11. The molecule has 5 nitrogen and oxygen atoms in total. The summed E-state index contributed by atoms with van der Waals surface area (Å²) < 4.78 is 16.9. The molecular formula is C14H18N2O3S. The van der Waals surface area contributed by atoms with Crippen molar-refractivity contribution in [2.24, 2.45) is 0 Å². The second kappa shape index (κ2) is 6.78. The van der Waals surface area contributed by atoms with E-state index in [2.05, 4.69) is 10.9 Å². The van der Waals surface area contributed by atoms with E-state index in [0.29, 0.717) is 6.42 Å². The summed E-state index contributed by atoms with van der Waals surface area (Å²) in [5.74, 6) is 0.732. The van der Waals surface area contributed by atoms with E-state index >= 15 is 0 Å². The van der Waals surface area contributed by atoms with Crippen molar-refractivity contribution in [3.63, 3.8) is 0 Å². The molecule has 1 heterocycles. The van der Waals surface area contributed by atoms with Crippen LogP contribution in [0.1, 0.15) is 18.4 Å². The number of benzene rings is 1. The minimum atomic E-state index is -1.06. The zero-order chi connectivity index (χ0) is 14.5. The molecule has 1 fully saturated rings. The number of carbonyl (C=O) groups excluding carboxylic acids is 1. The molecule has 1 aliphatic heterocycles. The van der Waals surface area contributed by atoms with Gasteiger partial charge >= 0.3 is 0 Å². The first-order chi connectivity index (χ1) is 9.60. The summed E-state index contributed by atoms with van der Waals surface area (Å²) in [6.45, 7) is 0. The number of hydrogen-bond acceptors (Lipinski definition) is 4. The summed E-state index contributed by atoms with van der Waals surface area (Å²) in [5.41, 5.74) is 6.39. The molecule has 2 unspecified atom stereocenters. The van der Waals surface area contributed by atoms with Gasteiger partial charge < -0.3 is 9.29 Å². The molecule has 1 aliphatic rings. The first-order valence-electron chi connectivity index (χ1n) is 6.34. The van der Waals surface area contributed by atoms with Gasteiger partial charge in [0.15, 0.2) is 4.90 Å². The first kappa shape index (κ1) is 14.9. The summed E-state index contributed by atoms with van der Waals surface area (Å²) in [6, 6.07) is 5.55. The lowest BCUT2D eigenvalue weighted by Gasteiger charge is -2.20. The standard InChI is InChI=1S/C14H18N2O3S/c1-19-12-6-7-13(20(2)18)10(9-12)3-4-11-5-8-14(17)16-15-11/h3-4,6-7,9,11,15H,5,8H2,1-2H3,(H,16,17)/b4-3+. The number of amides is 1. The van der Waals surface area contributed by atoms with Crippen molar-refractivity contribution < 1.29 is 14.1 Å². The van der Waals surface area contributed by atoms with Crippen molar-refractivity contribution >= 4 is 23.2 Å². The van der Waals surface area contributed by atoms with Gasteiger partial charge in [0.25, 0.3) is 0 Å². The van der Waals surface area contributed by atoms with E-state index in [1.165, 1.54) is 0 Å². The van der Waals surface area contributed by atoms with Crippen LogP contribution in [0.3, 0.4) is 0 Å². The van der Waals surface area contributed by atoms with E-state index in [4.69, 9.17) is 4.74 Å². The van der Waals surface area contributed by atoms with Gasteiger partial charge in [-0.1, -0.05) is 12.2 Å². The zero-order valence-corrected chi connectivity index (χ0v) is 12.3. The van der Waals surface area contributed by atoms with Crippen LogP contribution in [0, 0.1) is 0 Å². The maximum atomic E-state index is 11.7. The Kier molecular flexibility index (Phi) is 5.05. The summed E-state index contributed by atoms with van der Waals surface area (Å²) in [4.78, 5) is 11.8. The van der Waals surface area contributed by atoms with Crippen molar-refractivity contribution in [2.45, 2.75) is 23.8 Å². The van der Waals surface area contributed by atoms with Crippen molar-refractivity contribution in [3.05, 3.63) is 29.8 Å². The summed E-state index contributed by atoms with van der Waals surface area (Å²) in [5, 5.41) is 0. The largest absolute Gasteiger partial charge is 0.612 e. The van der Waals surface area contributed by atoms with Crippen LogP contribution in [-0.2, 0) is 16.0 Å². The number of carbonyl (C=O) groups is 1. The molecule has 0 bridgehead atoms. The molecule has 0 aliphatic carbocycles. The van der Waals surface area contributed by atoms with Crippen LogP contribution in [-0.4, -0.2) is 29.9 Å². The molecule has 1 aromatic rings. The first-order valence-corrected chi connectivity index (χ1v) is 7.90. The summed E-state index contributed by atoms with van der Waals surface area (Å²) >= 11 is -1.06. The van der Waals surface area contributed by atoms with Gasteiger partial charge in [-0.3, -0.25) is 10.2 Å². The Labute approximate surface area is 121 Å². The molecule has 6 heteroatoms. The number of methoxy groups -OCH3 is 1. The Morgan fingerprint density at radius 2 is 2.30 bits per heavy atom. The van der Waals surface area contributed by atoms with Gasteiger partial charge in [-0.15, -0.1) is 0 Å². The van der Waals surface area contributed by atoms with Crippen LogP contribution >= 0.6 is 0 Å². The zero-order valence-electron chi connectivity index (χ0n) is 11.5. The van der Waals surface area contributed by atoms with Crippen LogP contribution in [0.5, 0.6) is 5.75 Å². The van der Waals surface area contributed by atoms with Gasteiger partial charge in [0.2, 0.25) is 5.91 Å². The maximum absolute atomic E-state index is 11.7. The lowest BCUT2D eigenvalue weighted by molar-refractivity contribution is -0.123. The molecular weight excluding hydrogens is 276 g/mol. The van der Waals surface area contributed by atoms with Crippen LogP contribution in [0.2, 0.25) is 0 Å². The Balaban J connectivity index is 2.16. The molecule has 0 aromatic heterocycles. The van der Waals surface area contributed by atoms with Crippen LogP contribution < -0.4 is 15.6 Å². The Bertz CT molecular complexity index is 507. The Morgan fingerprint density at radius 3 is 2.90 bits per heavy atom. The van der Waals surface area contributed by atoms with Crippen LogP contribution in [0.25, 0.3) is 6.08 Å². The molecule has 1 amide bonds. The topological polar surface area (TPSA) is 73.4 Å². The molecule has 108 valence electrons. The number of rotatable bonds is 4. The van der Waals surface area contributed by atoms with Crippen molar-refractivity contribution in [1.82, 2.24) is 10.9 Å². The van der Waals surface area contributed by atoms with Gasteiger partial charge in [-0.2, -0.15) is 0 Å². The third kappa shape index (κ3) is 3.75. The minimum absolute atomic E-state index is 0.00591. The monoisotopic (exact) mass is 294 g/mol. The molecule has 1 saturated heterocycles. The maximum Gasteiger partial charge on any atom is 0.234 e. The Hall–Kier alpha value is -1.50. The molecule has 0 saturated carbocycles. The van der Waals surface area contributed by atoms with E-state index in [1.807, 2.05) is 24.3 Å². The molecule has 20 heavy (non-hydrogen) atoms. The highest BCUT2D eigenvalue weighted by Crippen LogP contribution is 2.23. The third-order valence-electron chi connectivity index (χ3n) is 3.11. The Morgan fingerprint density at radius 1 is 1.50 bits per heavy atom. The SMILES string of the molecule is COc1ccc([S+](C)[O-])c(/C=C/C2CCC(=O)NN2)c1. The quantitative estimate of drug-likeness (QED) is 0.819. The van der Waals surface area contributed by atoms with Crippen LogP contribution in [0.4, 0.5) is 0 Å².